The van der Waals surface area contributed by atoms with Crippen molar-refractivity contribution in [2.24, 2.45) is 13.0 Å². The Morgan fingerprint density at radius 2 is 2.46 bits per heavy atom. The molecule has 72 valence electrons. The van der Waals surface area contributed by atoms with Crippen LogP contribution in [0.2, 0.25) is 0 Å². The lowest BCUT2D eigenvalue weighted by Gasteiger charge is -1.99. The number of nitrogens with one attached hydrogen (secondary N) is 1. The monoisotopic (exact) mass is 179 g/mol. The molecule has 1 saturated carbocycles. The molecule has 1 aliphatic carbocycles. The fourth-order valence-electron chi connectivity index (χ4n) is 2.00. The first-order chi connectivity index (χ1) is 6.24. The minimum atomic E-state index is 0.765. The standard InChI is InChI=1S/C10H17N3/c1-7-10(6-12-13(7)3)9-4-8(9)5-11-2/h6,8-9,11H,4-5H2,1-3H3. The maximum absolute atomic E-state index is 4.27. The Hall–Kier alpha value is -0.830. The van der Waals surface area contributed by atoms with Crippen LogP contribution >= 0.6 is 0 Å². The molecule has 1 aromatic heterocycles. The van der Waals surface area contributed by atoms with Gasteiger partial charge in [-0.2, -0.15) is 5.10 Å². The Bertz CT molecular complexity index is 303. The molecule has 1 fully saturated rings. The summed E-state index contributed by atoms with van der Waals surface area (Å²) in [7, 11) is 4.03. The first kappa shape index (κ1) is 8.75. The second-order valence-corrected chi connectivity index (χ2v) is 3.97. The molecule has 0 aromatic carbocycles. The second-order valence-electron chi connectivity index (χ2n) is 3.97. The molecule has 1 heterocycles. The SMILES string of the molecule is CNCC1CC1c1cnn(C)c1C. The zero-order chi connectivity index (χ0) is 9.42. The second kappa shape index (κ2) is 3.14. The molecule has 2 unspecified atom stereocenters. The van der Waals surface area contributed by atoms with Crippen LogP contribution in [-0.2, 0) is 7.05 Å². The van der Waals surface area contributed by atoms with E-state index in [-0.39, 0.29) is 0 Å². The van der Waals surface area contributed by atoms with Crippen LogP contribution in [0.3, 0.4) is 0 Å². The summed E-state index contributed by atoms with van der Waals surface area (Å²) in [5.74, 6) is 1.61. The maximum atomic E-state index is 4.27. The third-order valence-electron chi connectivity index (χ3n) is 3.06. The lowest BCUT2D eigenvalue weighted by molar-refractivity contribution is 0.695. The van der Waals surface area contributed by atoms with E-state index in [1.54, 1.807) is 0 Å². The third-order valence-corrected chi connectivity index (χ3v) is 3.06. The predicted octanol–water partition coefficient (Wildman–Crippen LogP) is 1.05. The van der Waals surface area contributed by atoms with Gasteiger partial charge in [0.1, 0.15) is 0 Å². The summed E-state index contributed by atoms with van der Waals surface area (Å²) in [6.45, 7) is 3.29. The summed E-state index contributed by atoms with van der Waals surface area (Å²) in [4.78, 5) is 0. The fraction of sp³-hybridized carbons (Fsp3) is 0.700. The van der Waals surface area contributed by atoms with Gasteiger partial charge >= 0.3 is 0 Å². The van der Waals surface area contributed by atoms with Crippen LogP contribution in [-0.4, -0.2) is 23.4 Å². The molecule has 0 aliphatic heterocycles. The lowest BCUT2D eigenvalue weighted by Crippen LogP contribution is -2.10. The Labute approximate surface area is 79.1 Å². The van der Waals surface area contributed by atoms with Crippen molar-refractivity contribution in [3.8, 4) is 0 Å². The Kier molecular flexibility index (Phi) is 2.12. The quantitative estimate of drug-likeness (QED) is 0.751. The number of nitrogens with zero attached hydrogens (tertiary/aromatic N) is 2. The Morgan fingerprint density at radius 1 is 1.69 bits per heavy atom. The van der Waals surface area contributed by atoms with E-state index >= 15 is 0 Å². The molecule has 1 N–H and O–H groups in total. The Balaban J connectivity index is 2.07. The zero-order valence-corrected chi connectivity index (χ0v) is 8.54. The maximum Gasteiger partial charge on any atom is 0.0527 e. The molecular weight excluding hydrogens is 162 g/mol. The molecule has 2 atom stereocenters. The van der Waals surface area contributed by atoms with Gasteiger partial charge in [0, 0.05) is 12.7 Å². The van der Waals surface area contributed by atoms with Crippen LogP contribution in [0.1, 0.15) is 23.6 Å². The van der Waals surface area contributed by atoms with Crippen molar-refractivity contribution in [3.63, 3.8) is 0 Å². The van der Waals surface area contributed by atoms with Crippen LogP contribution in [0.15, 0.2) is 6.20 Å². The summed E-state index contributed by atoms with van der Waals surface area (Å²) in [6.07, 6.45) is 3.35. The summed E-state index contributed by atoms with van der Waals surface area (Å²) >= 11 is 0. The van der Waals surface area contributed by atoms with Gasteiger partial charge in [0.15, 0.2) is 0 Å². The van der Waals surface area contributed by atoms with Gasteiger partial charge in [-0.3, -0.25) is 4.68 Å². The molecule has 3 nitrogen and oxygen atoms in total. The van der Waals surface area contributed by atoms with Gasteiger partial charge in [0.05, 0.1) is 6.20 Å². The number of hydrogen-bond donors (Lipinski definition) is 1. The fourth-order valence-corrected chi connectivity index (χ4v) is 2.00. The highest BCUT2D eigenvalue weighted by atomic mass is 15.3. The van der Waals surface area contributed by atoms with Crippen molar-refractivity contribution >= 4 is 0 Å². The van der Waals surface area contributed by atoms with Crippen molar-refractivity contribution < 1.29 is 0 Å². The average Bonchev–Trinajstić information content (AvgIpc) is 2.77. The largest absolute Gasteiger partial charge is 0.319 e. The lowest BCUT2D eigenvalue weighted by atomic mass is 10.1. The first-order valence-corrected chi connectivity index (χ1v) is 4.87. The summed E-state index contributed by atoms with van der Waals surface area (Å²) in [5.41, 5.74) is 2.77. The number of aromatic nitrogens is 2. The van der Waals surface area contributed by atoms with E-state index in [1.165, 1.54) is 17.7 Å². The van der Waals surface area contributed by atoms with E-state index in [4.69, 9.17) is 0 Å². The highest BCUT2D eigenvalue weighted by molar-refractivity contribution is 5.27. The third kappa shape index (κ3) is 1.48. The van der Waals surface area contributed by atoms with Gasteiger partial charge in [0.2, 0.25) is 0 Å². The molecule has 0 amide bonds. The van der Waals surface area contributed by atoms with Crippen LogP contribution in [0, 0.1) is 12.8 Å². The van der Waals surface area contributed by atoms with Crippen LogP contribution in [0.5, 0.6) is 0 Å². The van der Waals surface area contributed by atoms with Gasteiger partial charge in [-0.1, -0.05) is 0 Å². The highest BCUT2D eigenvalue weighted by Crippen LogP contribution is 2.47. The van der Waals surface area contributed by atoms with E-state index in [1.807, 2.05) is 25.0 Å². The van der Waals surface area contributed by atoms with E-state index in [0.29, 0.717) is 0 Å². The molecule has 0 saturated heterocycles. The van der Waals surface area contributed by atoms with E-state index in [2.05, 4.69) is 17.3 Å². The molecule has 1 aromatic rings. The topological polar surface area (TPSA) is 29.9 Å². The van der Waals surface area contributed by atoms with E-state index < -0.39 is 0 Å². The molecule has 2 rings (SSSR count). The van der Waals surface area contributed by atoms with Gasteiger partial charge in [0.25, 0.3) is 0 Å². The molecule has 1 aliphatic rings. The summed E-state index contributed by atoms with van der Waals surface area (Å²) in [6, 6.07) is 0. The minimum absolute atomic E-state index is 0.765. The number of rotatable bonds is 3. The molecule has 0 spiro atoms. The Morgan fingerprint density at radius 3 is 3.00 bits per heavy atom. The van der Waals surface area contributed by atoms with Gasteiger partial charge < -0.3 is 5.32 Å². The van der Waals surface area contributed by atoms with Crippen LogP contribution in [0.4, 0.5) is 0 Å². The number of aryl methyl sites for hydroxylation is 1. The minimum Gasteiger partial charge on any atom is -0.319 e. The van der Waals surface area contributed by atoms with Crippen LogP contribution < -0.4 is 5.32 Å². The molecule has 0 radical (unpaired) electrons. The summed E-state index contributed by atoms with van der Waals surface area (Å²) < 4.78 is 1.96. The van der Waals surface area contributed by atoms with Crippen molar-refractivity contribution in [1.29, 1.82) is 0 Å². The predicted molar refractivity (Wildman–Crippen MR) is 52.7 cm³/mol. The molecule has 0 bridgehead atoms. The highest BCUT2D eigenvalue weighted by Gasteiger charge is 2.39. The van der Waals surface area contributed by atoms with Gasteiger partial charge in [-0.15, -0.1) is 0 Å². The van der Waals surface area contributed by atoms with Gasteiger partial charge in [-0.05, 0) is 44.3 Å². The van der Waals surface area contributed by atoms with E-state index in [0.717, 1.165) is 18.4 Å². The van der Waals surface area contributed by atoms with Crippen molar-refractivity contribution in [2.75, 3.05) is 13.6 Å². The van der Waals surface area contributed by atoms with Gasteiger partial charge in [-0.25, -0.2) is 0 Å². The molecule has 13 heavy (non-hydrogen) atoms. The average molecular weight is 179 g/mol. The molecule has 3 heteroatoms. The van der Waals surface area contributed by atoms with Crippen molar-refractivity contribution in [1.82, 2.24) is 15.1 Å². The first-order valence-electron chi connectivity index (χ1n) is 4.87. The number of hydrogen-bond acceptors (Lipinski definition) is 2. The smallest absolute Gasteiger partial charge is 0.0527 e. The van der Waals surface area contributed by atoms with E-state index in [9.17, 15) is 0 Å². The summed E-state index contributed by atoms with van der Waals surface area (Å²) in [5, 5.41) is 7.50. The van der Waals surface area contributed by atoms with Crippen molar-refractivity contribution in [2.45, 2.75) is 19.3 Å². The van der Waals surface area contributed by atoms with Crippen LogP contribution in [0.25, 0.3) is 0 Å². The van der Waals surface area contributed by atoms with Crippen molar-refractivity contribution in [3.05, 3.63) is 17.5 Å². The normalized spacial score (nSPS) is 26.4. The molecular formula is C10H17N3. The zero-order valence-electron chi connectivity index (χ0n) is 8.54.